The summed E-state index contributed by atoms with van der Waals surface area (Å²) in [5.41, 5.74) is 10.5. The van der Waals surface area contributed by atoms with E-state index < -0.39 is 0 Å². The van der Waals surface area contributed by atoms with E-state index >= 15 is 0 Å². The van der Waals surface area contributed by atoms with E-state index in [1.165, 1.54) is 49.4 Å². The van der Waals surface area contributed by atoms with Crippen LogP contribution in [0.5, 0.6) is 0 Å². The summed E-state index contributed by atoms with van der Waals surface area (Å²) in [4.78, 5) is 15.2. The number of benzene rings is 7. The van der Waals surface area contributed by atoms with Crippen LogP contribution < -0.4 is 0 Å². The number of hydrogen-bond acceptors (Lipinski definition) is 3. The van der Waals surface area contributed by atoms with E-state index in [0.717, 1.165) is 28.7 Å². The van der Waals surface area contributed by atoms with Crippen molar-refractivity contribution >= 4 is 21.5 Å². The first-order valence-corrected chi connectivity index (χ1v) is 15.3. The lowest BCUT2D eigenvalue weighted by atomic mass is 9.96. The molecular weight excluding hydrogens is 546 g/mol. The molecule has 7 aromatic carbocycles. The average Bonchev–Trinajstić information content (AvgIpc) is 3.51. The summed E-state index contributed by atoms with van der Waals surface area (Å²) in [6.45, 7) is 0. The molecule has 0 saturated heterocycles. The minimum Gasteiger partial charge on any atom is -0.208 e. The first kappa shape index (κ1) is 25.6. The Morgan fingerprint density at radius 2 is 0.933 bits per heavy atom. The Balaban J connectivity index is 1.20. The van der Waals surface area contributed by atoms with Gasteiger partial charge >= 0.3 is 0 Å². The van der Waals surface area contributed by atoms with Crippen LogP contribution in [0.1, 0.15) is 11.1 Å². The van der Waals surface area contributed by atoms with Crippen LogP contribution in [-0.4, -0.2) is 15.0 Å². The number of rotatable bonds is 4. The Morgan fingerprint density at radius 3 is 1.73 bits per heavy atom. The van der Waals surface area contributed by atoms with Gasteiger partial charge in [-0.3, -0.25) is 0 Å². The lowest BCUT2D eigenvalue weighted by Crippen LogP contribution is -2.01. The van der Waals surface area contributed by atoms with Gasteiger partial charge in [0.2, 0.25) is 0 Å². The van der Waals surface area contributed by atoms with Gasteiger partial charge in [-0.2, -0.15) is 0 Å². The van der Waals surface area contributed by atoms with Crippen LogP contribution in [0.25, 0.3) is 78.0 Å². The molecule has 1 aliphatic rings. The highest BCUT2D eigenvalue weighted by Gasteiger charge is 2.25. The Morgan fingerprint density at radius 1 is 0.356 bits per heavy atom. The van der Waals surface area contributed by atoms with E-state index in [2.05, 4.69) is 133 Å². The molecule has 1 aromatic heterocycles. The van der Waals surface area contributed by atoms with E-state index in [4.69, 9.17) is 15.0 Å². The zero-order chi connectivity index (χ0) is 29.7. The summed E-state index contributed by atoms with van der Waals surface area (Å²) in [6, 6.07) is 53.4. The second kappa shape index (κ2) is 10.4. The zero-order valence-corrected chi connectivity index (χ0v) is 24.5. The van der Waals surface area contributed by atoms with Crippen molar-refractivity contribution in [1.29, 1.82) is 0 Å². The van der Waals surface area contributed by atoms with Gasteiger partial charge in [0.25, 0.3) is 0 Å². The van der Waals surface area contributed by atoms with Gasteiger partial charge in [-0.1, -0.05) is 152 Å². The SMILES string of the molecule is c1ccc(-c2nc(-c3ccc(-c4cccc5ccccc45)cc3)nc(-c3cccc4c3-c3ccc5ccccc5c3C4)n2)cc1. The predicted octanol–water partition coefficient (Wildman–Crippen LogP) is 10.4. The highest BCUT2D eigenvalue weighted by Crippen LogP contribution is 2.45. The summed E-state index contributed by atoms with van der Waals surface area (Å²) in [5, 5.41) is 5.06. The van der Waals surface area contributed by atoms with E-state index in [1.807, 2.05) is 18.2 Å². The molecule has 9 rings (SSSR count). The second-order valence-electron chi connectivity index (χ2n) is 11.6. The molecule has 0 saturated carbocycles. The van der Waals surface area contributed by atoms with Crippen molar-refractivity contribution in [2.45, 2.75) is 6.42 Å². The molecule has 1 heterocycles. The molecule has 0 bridgehead atoms. The smallest absolute Gasteiger partial charge is 0.164 e. The van der Waals surface area contributed by atoms with Crippen LogP contribution in [0.3, 0.4) is 0 Å². The Hall–Kier alpha value is -5.93. The van der Waals surface area contributed by atoms with Gasteiger partial charge in [0, 0.05) is 16.7 Å². The van der Waals surface area contributed by atoms with Crippen LogP contribution in [0.4, 0.5) is 0 Å². The quantitative estimate of drug-likeness (QED) is 0.210. The largest absolute Gasteiger partial charge is 0.208 e. The van der Waals surface area contributed by atoms with E-state index in [0.29, 0.717) is 17.5 Å². The third-order valence-electron chi connectivity index (χ3n) is 8.98. The van der Waals surface area contributed by atoms with Gasteiger partial charge < -0.3 is 0 Å². The van der Waals surface area contributed by atoms with Crippen LogP contribution in [0.15, 0.2) is 152 Å². The van der Waals surface area contributed by atoms with E-state index in [1.54, 1.807) is 0 Å². The molecule has 1 aliphatic carbocycles. The maximum absolute atomic E-state index is 5.14. The number of fused-ring (bicyclic) bond motifs is 6. The maximum Gasteiger partial charge on any atom is 0.164 e. The van der Waals surface area contributed by atoms with Crippen molar-refractivity contribution in [3.8, 4) is 56.4 Å². The number of aromatic nitrogens is 3. The molecule has 0 N–H and O–H groups in total. The van der Waals surface area contributed by atoms with Crippen molar-refractivity contribution in [3.05, 3.63) is 163 Å². The van der Waals surface area contributed by atoms with Crippen LogP contribution in [0.2, 0.25) is 0 Å². The van der Waals surface area contributed by atoms with E-state index in [9.17, 15) is 0 Å². The normalized spacial score (nSPS) is 11.9. The van der Waals surface area contributed by atoms with Crippen LogP contribution in [-0.2, 0) is 6.42 Å². The van der Waals surface area contributed by atoms with Crippen molar-refractivity contribution < 1.29 is 0 Å². The Labute approximate surface area is 261 Å². The summed E-state index contributed by atoms with van der Waals surface area (Å²) >= 11 is 0. The molecule has 0 radical (unpaired) electrons. The van der Waals surface area contributed by atoms with Gasteiger partial charge in [-0.05, 0) is 61.3 Å². The fourth-order valence-electron chi connectivity index (χ4n) is 6.82. The highest BCUT2D eigenvalue weighted by atomic mass is 15.0. The fourth-order valence-corrected chi connectivity index (χ4v) is 6.82. The Kier molecular flexibility index (Phi) is 5.88. The molecule has 0 amide bonds. The van der Waals surface area contributed by atoms with Crippen molar-refractivity contribution in [3.63, 3.8) is 0 Å². The van der Waals surface area contributed by atoms with Gasteiger partial charge in [0.15, 0.2) is 17.5 Å². The Bertz CT molecular complexity index is 2390. The van der Waals surface area contributed by atoms with Gasteiger partial charge in [0.1, 0.15) is 0 Å². The molecule has 8 aromatic rings. The summed E-state index contributed by atoms with van der Waals surface area (Å²) in [7, 11) is 0. The molecule has 0 fully saturated rings. The fraction of sp³-hybridized carbons (Fsp3) is 0.0238. The van der Waals surface area contributed by atoms with Crippen molar-refractivity contribution in [2.24, 2.45) is 0 Å². The third kappa shape index (κ3) is 4.32. The first-order valence-electron chi connectivity index (χ1n) is 15.3. The zero-order valence-electron chi connectivity index (χ0n) is 24.5. The minimum absolute atomic E-state index is 0.664. The molecule has 3 heteroatoms. The van der Waals surface area contributed by atoms with Crippen molar-refractivity contribution in [1.82, 2.24) is 15.0 Å². The third-order valence-corrected chi connectivity index (χ3v) is 8.98. The van der Waals surface area contributed by atoms with Gasteiger partial charge in [-0.25, -0.2) is 15.0 Å². The molecule has 0 unspecified atom stereocenters. The van der Waals surface area contributed by atoms with Crippen LogP contribution in [0, 0.1) is 0 Å². The molecule has 3 nitrogen and oxygen atoms in total. The lowest BCUT2D eigenvalue weighted by Gasteiger charge is -2.13. The van der Waals surface area contributed by atoms with E-state index in [-0.39, 0.29) is 0 Å². The average molecular weight is 574 g/mol. The molecular formula is C42H27N3. The maximum atomic E-state index is 5.14. The molecule has 0 spiro atoms. The molecule has 0 aliphatic heterocycles. The summed E-state index contributed by atoms with van der Waals surface area (Å²) < 4.78 is 0. The predicted molar refractivity (Wildman–Crippen MR) is 185 cm³/mol. The first-order chi connectivity index (χ1) is 22.3. The minimum atomic E-state index is 0.664. The summed E-state index contributed by atoms with van der Waals surface area (Å²) in [5.74, 6) is 2.02. The van der Waals surface area contributed by atoms with Gasteiger partial charge in [-0.15, -0.1) is 0 Å². The molecule has 0 atom stereocenters. The number of hydrogen-bond donors (Lipinski definition) is 0. The van der Waals surface area contributed by atoms with Crippen LogP contribution >= 0.6 is 0 Å². The molecule has 45 heavy (non-hydrogen) atoms. The van der Waals surface area contributed by atoms with Crippen molar-refractivity contribution in [2.75, 3.05) is 0 Å². The summed E-state index contributed by atoms with van der Waals surface area (Å²) in [6.07, 6.45) is 0.902. The topological polar surface area (TPSA) is 38.7 Å². The standard InChI is InChI=1S/C42H27N3/c1-2-12-30(13-3-1)40-43-41(31-22-20-29(21-23-31)34-18-8-14-27-10-4-6-16-33(27)34)45-42(44-40)37-19-9-15-32-26-38-35-17-7-5-11-28(35)24-25-36(38)39(32)37/h1-25H,26H2. The lowest BCUT2D eigenvalue weighted by molar-refractivity contribution is 1.07. The van der Waals surface area contributed by atoms with Gasteiger partial charge in [0.05, 0.1) is 0 Å². The monoisotopic (exact) mass is 573 g/mol. The highest BCUT2D eigenvalue weighted by molar-refractivity contribution is 5.99. The number of nitrogens with zero attached hydrogens (tertiary/aromatic N) is 3. The molecule has 210 valence electrons. The second-order valence-corrected chi connectivity index (χ2v) is 11.6.